The standard InChI is InChI=1S/C15H18N4O3/c1-12-3-5-14(6-4-12)18-8-7-17(11-21)15(18)16-19(9-10-20)13(2)22/h3-6,10-11H,7-9H2,1-2H3/b16-15+. The molecule has 1 aromatic carbocycles. The molecule has 7 heteroatoms. The molecule has 1 aliphatic rings. The summed E-state index contributed by atoms with van der Waals surface area (Å²) in [7, 11) is 0. The van der Waals surface area contributed by atoms with Crippen LogP contribution >= 0.6 is 0 Å². The number of aldehydes is 1. The average Bonchev–Trinajstić information content (AvgIpc) is 2.90. The summed E-state index contributed by atoms with van der Waals surface area (Å²) in [5.74, 6) is -0.0166. The normalized spacial score (nSPS) is 16.0. The molecule has 0 unspecified atom stereocenters. The number of amides is 2. The fraction of sp³-hybridized carbons (Fsp3) is 0.333. The van der Waals surface area contributed by atoms with Gasteiger partial charge in [0.15, 0.2) is 0 Å². The Kier molecular flexibility index (Phi) is 4.88. The number of anilines is 1. The van der Waals surface area contributed by atoms with E-state index in [2.05, 4.69) is 5.10 Å². The molecule has 1 fully saturated rings. The van der Waals surface area contributed by atoms with Crippen LogP contribution in [0.2, 0.25) is 0 Å². The second-order valence-corrected chi connectivity index (χ2v) is 4.95. The van der Waals surface area contributed by atoms with E-state index < -0.39 is 0 Å². The van der Waals surface area contributed by atoms with E-state index in [1.54, 1.807) is 0 Å². The van der Waals surface area contributed by atoms with Crippen molar-refractivity contribution in [3.05, 3.63) is 29.8 Å². The lowest BCUT2D eigenvalue weighted by molar-refractivity contribution is -0.131. The molecule has 0 aliphatic carbocycles. The molecule has 116 valence electrons. The van der Waals surface area contributed by atoms with Crippen LogP contribution in [0.25, 0.3) is 0 Å². The summed E-state index contributed by atoms with van der Waals surface area (Å²) in [6.45, 7) is 4.22. The van der Waals surface area contributed by atoms with E-state index in [1.807, 2.05) is 36.1 Å². The van der Waals surface area contributed by atoms with Crippen molar-refractivity contribution in [2.45, 2.75) is 13.8 Å². The number of carbonyl (C=O) groups excluding carboxylic acids is 3. The number of rotatable bonds is 5. The van der Waals surface area contributed by atoms with Gasteiger partial charge < -0.3 is 9.69 Å². The van der Waals surface area contributed by atoms with Gasteiger partial charge in [-0.05, 0) is 19.1 Å². The molecule has 0 atom stereocenters. The van der Waals surface area contributed by atoms with Crippen molar-refractivity contribution in [3.63, 3.8) is 0 Å². The van der Waals surface area contributed by atoms with Crippen molar-refractivity contribution in [3.8, 4) is 0 Å². The van der Waals surface area contributed by atoms with Crippen molar-refractivity contribution >= 4 is 30.3 Å². The molecule has 2 rings (SSSR count). The van der Waals surface area contributed by atoms with Gasteiger partial charge in [-0.25, -0.2) is 5.01 Å². The van der Waals surface area contributed by atoms with Gasteiger partial charge in [-0.2, -0.15) is 0 Å². The molecule has 0 spiro atoms. The first-order valence-electron chi connectivity index (χ1n) is 6.93. The first-order valence-corrected chi connectivity index (χ1v) is 6.93. The van der Waals surface area contributed by atoms with E-state index in [0.717, 1.165) is 16.3 Å². The minimum Gasteiger partial charge on any atom is -0.309 e. The zero-order valence-electron chi connectivity index (χ0n) is 12.6. The van der Waals surface area contributed by atoms with Crippen molar-refractivity contribution in [2.24, 2.45) is 5.10 Å². The molecule has 1 aliphatic heterocycles. The highest BCUT2D eigenvalue weighted by molar-refractivity contribution is 6.03. The highest BCUT2D eigenvalue weighted by Crippen LogP contribution is 2.20. The number of aryl methyl sites for hydroxylation is 1. The Morgan fingerprint density at radius 2 is 1.95 bits per heavy atom. The molecule has 2 amide bonds. The van der Waals surface area contributed by atoms with Crippen LogP contribution in [0.3, 0.4) is 0 Å². The predicted octanol–water partition coefficient (Wildman–Crippen LogP) is 0.592. The second-order valence-electron chi connectivity index (χ2n) is 4.95. The lowest BCUT2D eigenvalue weighted by Gasteiger charge is -2.22. The fourth-order valence-electron chi connectivity index (χ4n) is 2.16. The second kappa shape index (κ2) is 6.84. The van der Waals surface area contributed by atoms with E-state index >= 15 is 0 Å². The third-order valence-electron chi connectivity index (χ3n) is 3.36. The van der Waals surface area contributed by atoms with Gasteiger partial charge in [0.05, 0.1) is 0 Å². The number of benzene rings is 1. The SMILES string of the molecule is CC(=O)N(CC=O)/N=C1\N(C=O)CCN1c1ccc(C)cc1. The summed E-state index contributed by atoms with van der Waals surface area (Å²) in [4.78, 5) is 36.7. The topological polar surface area (TPSA) is 73.3 Å². The maximum absolute atomic E-state index is 11.5. The summed E-state index contributed by atoms with van der Waals surface area (Å²) in [6, 6.07) is 7.78. The van der Waals surface area contributed by atoms with Crippen molar-refractivity contribution in [1.82, 2.24) is 9.91 Å². The summed E-state index contributed by atoms with van der Waals surface area (Å²) in [5, 5.41) is 5.23. The number of hydrazone groups is 1. The zero-order chi connectivity index (χ0) is 16.1. The Morgan fingerprint density at radius 3 is 2.50 bits per heavy atom. The van der Waals surface area contributed by atoms with Gasteiger partial charge in [0.1, 0.15) is 12.8 Å². The molecule has 0 aromatic heterocycles. The number of carbonyl (C=O) groups is 3. The molecule has 1 heterocycles. The van der Waals surface area contributed by atoms with E-state index in [1.165, 1.54) is 11.8 Å². The number of hydrogen-bond acceptors (Lipinski definition) is 4. The summed E-state index contributed by atoms with van der Waals surface area (Å²) < 4.78 is 0. The van der Waals surface area contributed by atoms with Gasteiger partial charge in [-0.15, -0.1) is 5.10 Å². The number of hydrogen-bond donors (Lipinski definition) is 0. The Morgan fingerprint density at radius 1 is 1.27 bits per heavy atom. The molecule has 1 aromatic rings. The van der Waals surface area contributed by atoms with Crippen molar-refractivity contribution < 1.29 is 14.4 Å². The molecule has 1 saturated heterocycles. The smallest absolute Gasteiger partial charge is 0.240 e. The van der Waals surface area contributed by atoms with Crippen molar-refractivity contribution in [1.29, 1.82) is 0 Å². The Bertz CT molecular complexity index is 597. The largest absolute Gasteiger partial charge is 0.309 e. The van der Waals surface area contributed by atoms with Crippen LogP contribution in [0.4, 0.5) is 5.69 Å². The molecule has 22 heavy (non-hydrogen) atoms. The lowest BCUT2D eigenvalue weighted by atomic mass is 10.2. The van der Waals surface area contributed by atoms with Gasteiger partial charge >= 0.3 is 0 Å². The molecule has 7 nitrogen and oxygen atoms in total. The fourth-order valence-corrected chi connectivity index (χ4v) is 2.16. The van der Waals surface area contributed by atoms with Gasteiger partial charge in [0.25, 0.3) is 0 Å². The van der Waals surface area contributed by atoms with Gasteiger partial charge in [0.2, 0.25) is 18.3 Å². The lowest BCUT2D eigenvalue weighted by Crippen LogP contribution is -2.37. The monoisotopic (exact) mass is 302 g/mol. The van der Waals surface area contributed by atoms with Crippen LogP contribution in [0.1, 0.15) is 12.5 Å². The van der Waals surface area contributed by atoms with E-state index in [9.17, 15) is 14.4 Å². The number of guanidine groups is 1. The molecule has 0 saturated carbocycles. The van der Waals surface area contributed by atoms with E-state index in [4.69, 9.17) is 0 Å². The zero-order valence-corrected chi connectivity index (χ0v) is 12.6. The summed E-state index contributed by atoms with van der Waals surface area (Å²) in [5.41, 5.74) is 2.00. The van der Waals surface area contributed by atoms with Crippen LogP contribution in [0, 0.1) is 6.92 Å². The Labute approximate surface area is 128 Å². The predicted molar refractivity (Wildman–Crippen MR) is 82.2 cm³/mol. The third-order valence-corrected chi connectivity index (χ3v) is 3.36. The highest BCUT2D eigenvalue weighted by Gasteiger charge is 2.28. The first kappa shape index (κ1) is 15.7. The Balaban J connectivity index is 2.36. The molecule has 0 bridgehead atoms. The molecule has 0 radical (unpaired) electrons. The molecular weight excluding hydrogens is 284 g/mol. The van der Waals surface area contributed by atoms with Crippen LogP contribution in [-0.4, -0.2) is 54.1 Å². The quantitative estimate of drug-likeness (QED) is 0.589. The number of nitrogens with zero attached hydrogens (tertiary/aromatic N) is 4. The van der Waals surface area contributed by atoms with E-state index in [-0.39, 0.29) is 12.5 Å². The van der Waals surface area contributed by atoms with E-state index in [0.29, 0.717) is 31.7 Å². The van der Waals surface area contributed by atoms with Crippen LogP contribution < -0.4 is 4.90 Å². The van der Waals surface area contributed by atoms with Crippen LogP contribution in [0.15, 0.2) is 29.4 Å². The van der Waals surface area contributed by atoms with Gasteiger partial charge in [-0.1, -0.05) is 17.7 Å². The Hall–Kier alpha value is -2.70. The maximum atomic E-state index is 11.5. The third kappa shape index (κ3) is 3.30. The first-order chi connectivity index (χ1) is 10.6. The summed E-state index contributed by atoms with van der Waals surface area (Å²) >= 11 is 0. The molecular formula is C15H18N4O3. The minimum absolute atomic E-state index is 0.146. The highest BCUT2D eigenvalue weighted by atomic mass is 16.2. The van der Waals surface area contributed by atoms with Gasteiger partial charge in [0, 0.05) is 25.7 Å². The van der Waals surface area contributed by atoms with Crippen LogP contribution in [-0.2, 0) is 14.4 Å². The van der Waals surface area contributed by atoms with Crippen molar-refractivity contribution in [2.75, 3.05) is 24.5 Å². The van der Waals surface area contributed by atoms with Gasteiger partial charge in [-0.3, -0.25) is 14.5 Å². The maximum Gasteiger partial charge on any atom is 0.240 e. The summed E-state index contributed by atoms with van der Waals surface area (Å²) in [6.07, 6.45) is 1.27. The molecule has 0 N–H and O–H groups in total. The average molecular weight is 302 g/mol. The van der Waals surface area contributed by atoms with Crippen LogP contribution in [0.5, 0.6) is 0 Å². The minimum atomic E-state index is -0.360.